The van der Waals surface area contributed by atoms with E-state index in [1.54, 1.807) is 13.8 Å². The van der Waals surface area contributed by atoms with Gasteiger partial charge in [0, 0.05) is 11.1 Å². The number of carbonyl (C=O) groups excluding carboxylic acids is 2. The predicted octanol–water partition coefficient (Wildman–Crippen LogP) is 3.67. The van der Waals surface area contributed by atoms with Crippen molar-refractivity contribution < 1.29 is 19.1 Å². The molecule has 0 N–H and O–H groups in total. The molecule has 0 amide bonds. The molecule has 0 saturated heterocycles. The van der Waals surface area contributed by atoms with Crippen LogP contribution in [0.15, 0.2) is 24.3 Å². The van der Waals surface area contributed by atoms with Crippen LogP contribution in [0, 0.1) is 5.92 Å². The summed E-state index contributed by atoms with van der Waals surface area (Å²) < 4.78 is 9.75. The first kappa shape index (κ1) is 20.7. The molecule has 0 rings (SSSR count). The van der Waals surface area contributed by atoms with E-state index in [4.69, 9.17) is 9.47 Å². The molecule has 0 aromatic carbocycles. The Morgan fingerprint density at radius 2 is 1.45 bits per heavy atom. The summed E-state index contributed by atoms with van der Waals surface area (Å²) in [6.07, 6.45) is 0.850. The van der Waals surface area contributed by atoms with Crippen LogP contribution >= 0.6 is 0 Å². The third kappa shape index (κ3) is 12.9. The van der Waals surface area contributed by atoms with Gasteiger partial charge in [-0.25, -0.2) is 9.59 Å². The quantitative estimate of drug-likeness (QED) is 0.551. The van der Waals surface area contributed by atoms with E-state index in [-0.39, 0.29) is 18.0 Å². The van der Waals surface area contributed by atoms with E-state index in [9.17, 15) is 9.59 Å². The fourth-order valence-corrected chi connectivity index (χ4v) is 0.732. The molecule has 0 spiro atoms. The number of carbonyl (C=O) groups is 2. The summed E-state index contributed by atoms with van der Waals surface area (Å²) in [5, 5.41) is 0. The molecule has 0 aliphatic heterocycles. The van der Waals surface area contributed by atoms with Crippen LogP contribution in [0.3, 0.4) is 0 Å². The molecule has 0 fully saturated rings. The average molecular weight is 284 g/mol. The van der Waals surface area contributed by atoms with Crippen LogP contribution < -0.4 is 0 Å². The second-order valence-corrected chi connectivity index (χ2v) is 5.18. The van der Waals surface area contributed by atoms with Gasteiger partial charge in [-0.05, 0) is 33.1 Å². The highest BCUT2D eigenvalue weighted by Crippen LogP contribution is 2.00. The zero-order chi connectivity index (χ0) is 16.3. The molecule has 20 heavy (non-hydrogen) atoms. The van der Waals surface area contributed by atoms with E-state index >= 15 is 0 Å². The van der Waals surface area contributed by atoms with E-state index in [1.807, 2.05) is 27.7 Å². The van der Waals surface area contributed by atoms with Crippen LogP contribution in [-0.4, -0.2) is 24.6 Å². The Kier molecular flexibility index (Phi) is 11.7. The lowest BCUT2D eigenvalue weighted by Crippen LogP contribution is -2.13. The third-order valence-corrected chi connectivity index (χ3v) is 2.13. The molecule has 0 saturated carbocycles. The van der Waals surface area contributed by atoms with Gasteiger partial charge in [0.2, 0.25) is 0 Å². The van der Waals surface area contributed by atoms with Crippen molar-refractivity contribution in [1.82, 2.24) is 0 Å². The maximum Gasteiger partial charge on any atom is 0.333 e. The van der Waals surface area contributed by atoms with E-state index in [0.717, 1.165) is 6.42 Å². The lowest BCUT2D eigenvalue weighted by Gasteiger charge is -2.09. The van der Waals surface area contributed by atoms with Gasteiger partial charge in [0.25, 0.3) is 0 Å². The Bertz CT molecular complexity index is 342. The largest absolute Gasteiger partial charge is 0.462 e. The minimum atomic E-state index is -0.297. The first-order valence-corrected chi connectivity index (χ1v) is 6.80. The van der Waals surface area contributed by atoms with Gasteiger partial charge in [-0.3, -0.25) is 0 Å². The fourth-order valence-electron chi connectivity index (χ4n) is 0.732. The van der Waals surface area contributed by atoms with Crippen LogP contribution in [0.2, 0.25) is 0 Å². The highest BCUT2D eigenvalue weighted by Gasteiger charge is 2.06. The van der Waals surface area contributed by atoms with Crippen molar-refractivity contribution in [1.29, 1.82) is 0 Å². The number of hydrogen-bond acceptors (Lipinski definition) is 4. The van der Waals surface area contributed by atoms with Gasteiger partial charge < -0.3 is 9.47 Å². The Labute approximate surface area is 122 Å². The molecule has 4 nitrogen and oxygen atoms in total. The number of ether oxygens (including phenoxy) is 2. The molecule has 116 valence electrons. The molecular weight excluding hydrogens is 256 g/mol. The molecule has 0 aromatic rings. The van der Waals surface area contributed by atoms with Crippen molar-refractivity contribution in [3.63, 3.8) is 0 Å². The summed E-state index contributed by atoms with van der Waals surface area (Å²) in [5.74, 6) is -0.202. The Hall–Kier alpha value is -1.58. The normalized spacial score (nSPS) is 10.9. The molecular formula is C16H28O4. The van der Waals surface area contributed by atoms with Crippen molar-refractivity contribution >= 4 is 11.9 Å². The highest BCUT2D eigenvalue weighted by molar-refractivity contribution is 5.87. The van der Waals surface area contributed by atoms with Crippen molar-refractivity contribution in [2.45, 2.75) is 54.1 Å². The lowest BCUT2D eigenvalue weighted by molar-refractivity contribution is -0.143. The molecule has 0 aliphatic carbocycles. The topological polar surface area (TPSA) is 52.6 Å². The molecule has 0 aromatic heterocycles. The van der Waals surface area contributed by atoms with E-state index in [2.05, 4.69) is 13.2 Å². The lowest BCUT2D eigenvalue weighted by atomic mass is 10.2. The van der Waals surface area contributed by atoms with E-state index < -0.39 is 0 Å². The Balaban J connectivity index is 0. The second kappa shape index (κ2) is 11.3. The molecule has 1 unspecified atom stereocenters. The highest BCUT2D eigenvalue weighted by atomic mass is 16.5. The van der Waals surface area contributed by atoms with Crippen molar-refractivity contribution in [3.8, 4) is 0 Å². The van der Waals surface area contributed by atoms with Crippen LogP contribution in [0.4, 0.5) is 0 Å². The zero-order valence-electron chi connectivity index (χ0n) is 13.6. The SMILES string of the molecule is C=C(C)C(=O)OC(C)CC.C=C(C)C(=O)OCC(C)C. The Morgan fingerprint density at radius 3 is 1.75 bits per heavy atom. The van der Waals surface area contributed by atoms with Gasteiger partial charge in [0.05, 0.1) is 12.7 Å². The molecule has 0 aliphatic rings. The fraction of sp³-hybridized carbons (Fsp3) is 0.625. The molecule has 0 heterocycles. The molecule has 0 bridgehead atoms. The predicted molar refractivity (Wildman–Crippen MR) is 81.3 cm³/mol. The average Bonchev–Trinajstić information content (AvgIpc) is 2.35. The van der Waals surface area contributed by atoms with E-state index in [0.29, 0.717) is 23.7 Å². The number of hydrogen-bond donors (Lipinski definition) is 0. The number of rotatable bonds is 6. The molecule has 1 atom stereocenters. The van der Waals surface area contributed by atoms with Gasteiger partial charge in [0.1, 0.15) is 0 Å². The van der Waals surface area contributed by atoms with Crippen LogP contribution in [0.5, 0.6) is 0 Å². The smallest absolute Gasteiger partial charge is 0.333 e. The van der Waals surface area contributed by atoms with Crippen LogP contribution in [0.25, 0.3) is 0 Å². The number of esters is 2. The molecule has 4 heteroatoms. The monoisotopic (exact) mass is 284 g/mol. The van der Waals surface area contributed by atoms with E-state index in [1.165, 1.54) is 0 Å². The minimum absolute atomic E-state index is 0.00389. The second-order valence-electron chi connectivity index (χ2n) is 5.18. The summed E-state index contributed by atoms with van der Waals surface area (Å²) in [4.78, 5) is 21.5. The minimum Gasteiger partial charge on any atom is -0.462 e. The van der Waals surface area contributed by atoms with Gasteiger partial charge >= 0.3 is 11.9 Å². The maximum absolute atomic E-state index is 10.8. The van der Waals surface area contributed by atoms with Gasteiger partial charge in [-0.2, -0.15) is 0 Å². The van der Waals surface area contributed by atoms with Gasteiger partial charge in [-0.15, -0.1) is 0 Å². The first-order chi connectivity index (χ1) is 9.11. The summed E-state index contributed by atoms with van der Waals surface area (Å²) >= 11 is 0. The van der Waals surface area contributed by atoms with Gasteiger partial charge in [-0.1, -0.05) is 33.9 Å². The maximum atomic E-state index is 10.8. The standard InChI is InChI=1S/2C8H14O2/c1-6(2)5-10-8(9)7(3)4;1-5-7(4)10-8(9)6(2)3/h6H,3,5H2,1-2,4H3;7H,2,5H2,1,3-4H3. The van der Waals surface area contributed by atoms with Crippen molar-refractivity contribution in [2.75, 3.05) is 6.61 Å². The van der Waals surface area contributed by atoms with Crippen LogP contribution in [-0.2, 0) is 19.1 Å². The summed E-state index contributed by atoms with van der Waals surface area (Å²) in [6, 6.07) is 0. The van der Waals surface area contributed by atoms with Crippen LogP contribution in [0.1, 0.15) is 48.0 Å². The first-order valence-electron chi connectivity index (χ1n) is 6.80. The summed E-state index contributed by atoms with van der Waals surface area (Å²) in [7, 11) is 0. The summed E-state index contributed by atoms with van der Waals surface area (Å²) in [6.45, 7) is 18.5. The van der Waals surface area contributed by atoms with Crippen molar-refractivity contribution in [2.24, 2.45) is 5.92 Å². The molecule has 0 radical (unpaired) electrons. The van der Waals surface area contributed by atoms with Gasteiger partial charge in [0.15, 0.2) is 0 Å². The third-order valence-electron chi connectivity index (χ3n) is 2.13. The Morgan fingerprint density at radius 1 is 1.00 bits per heavy atom. The van der Waals surface area contributed by atoms with Crippen molar-refractivity contribution in [3.05, 3.63) is 24.3 Å². The zero-order valence-corrected chi connectivity index (χ0v) is 13.6. The summed E-state index contributed by atoms with van der Waals surface area (Å²) in [5.41, 5.74) is 0.918.